The van der Waals surface area contributed by atoms with Crippen molar-refractivity contribution in [2.24, 2.45) is 0 Å². The minimum Gasteiger partial charge on any atom is -0.375 e. The molecule has 0 bridgehead atoms. The lowest BCUT2D eigenvalue weighted by Crippen LogP contribution is -2.40. The van der Waals surface area contributed by atoms with Crippen molar-refractivity contribution < 1.29 is 4.74 Å². The van der Waals surface area contributed by atoms with Crippen molar-refractivity contribution in [3.05, 3.63) is 11.9 Å². The van der Waals surface area contributed by atoms with Crippen LogP contribution in [0.25, 0.3) is 0 Å². The molecular weight excluding hydrogens is 252 g/mol. The largest absolute Gasteiger partial charge is 0.375 e. The van der Waals surface area contributed by atoms with E-state index in [4.69, 9.17) is 4.74 Å². The third-order valence-electron chi connectivity index (χ3n) is 3.74. The van der Waals surface area contributed by atoms with Crippen LogP contribution in [0.2, 0.25) is 0 Å². The number of rotatable bonds is 4. The smallest absolute Gasteiger partial charge is 0.135 e. The Hall–Kier alpha value is -1.36. The van der Waals surface area contributed by atoms with Crippen LogP contribution in [0.4, 0.5) is 11.6 Å². The summed E-state index contributed by atoms with van der Waals surface area (Å²) in [6.45, 7) is 9.41. The fraction of sp³-hybridized carbons (Fsp3) is 0.733. The molecule has 2 N–H and O–H groups in total. The molecule has 1 aliphatic heterocycles. The zero-order valence-corrected chi connectivity index (χ0v) is 13.2. The Morgan fingerprint density at radius 1 is 1.30 bits per heavy atom. The normalized spacial score (nSPS) is 21.8. The Labute approximate surface area is 121 Å². The third-order valence-corrected chi connectivity index (χ3v) is 3.74. The lowest BCUT2D eigenvalue weighted by molar-refractivity contribution is -0.0553. The van der Waals surface area contributed by atoms with Gasteiger partial charge in [0.2, 0.25) is 0 Å². The lowest BCUT2D eigenvalue weighted by atomic mass is 9.93. The maximum Gasteiger partial charge on any atom is 0.135 e. The minimum atomic E-state index is -0.0627. The van der Waals surface area contributed by atoms with Gasteiger partial charge in [-0.05, 0) is 32.6 Å². The van der Waals surface area contributed by atoms with Crippen molar-refractivity contribution in [3.63, 3.8) is 0 Å². The van der Waals surface area contributed by atoms with Crippen LogP contribution in [0.1, 0.15) is 52.0 Å². The Balaban J connectivity index is 2.20. The number of nitrogens with zero attached hydrogens (tertiary/aromatic N) is 2. The van der Waals surface area contributed by atoms with Crippen LogP contribution >= 0.6 is 0 Å². The third kappa shape index (κ3) is 3.39. The Bertz CT molecular complexity index is 459. The van der Waals surface area contributed by atoms with Gasteiger partial charge in [-0.15, -0.1) is 0 Å². The van der Waals surface area contributed by atoms with Crippen molar-refractivity contribution in [2.75, 3.05) is 24.3 Å². The highest BCUT2D eigenvalue weighted by Crippen LogP contribution is 2.31. The molecule has 1 unspecified atom stereocenters. The van der Waals surface area contributed by atoms with Gasteiger partial charge in [-0.25, -0.2) is 9.97 Å². The Morgan fingerprint density at radius 2 is 2.00 bits per heavy atom. The van der Waals surface area contributed by atoms with Crippen LogP contribution in [0.3, 0.4) is 0 Å². The van der Waals surface area contributed by atoms with Gasteiger partial charge in [-0.1, -0.05) is 13.8 Å². The molecule has 1 saturated heterocycles. The summed E-state index contributed by atoms with van der Waals surface area (Å²) >= 11 is 0. The summed E-state index contributed by atoms with van der Waals surface area (Å²) in [6, 6.07) is 0.399. The van der Waals surface area contributed by atoms with Gasteiger partial charge < -0.3 is 15.4 Å². The standard InChI is InChI=1S/C15H26N4O/c1-10(2)12-13(16-5)17-9-18-14(12)19-11-6-7-20-15(3,4)8-11/h9-11H,6-8H2,1-5H3,(H2,16,17,18,19). The van der Waals surface area contributed by atoms with E-state index >= 15 is 0 Å². The Morgan fingerprint density at radius 3 is 2.60 bits per heavy atom. The van der Waals surface area contributed by atoms with Crippen molar-refractivity contribution in [1.82, 2.24) is 9.97 Å². The fourth-order valence-electron chi connectivity index (χ4n) is 2.81. The number of aromatic nitrogens is 2. The van der Waals surface area contributed by atoms with E-state index < -0.39 is 0 Å². The molecule has 5 nitrogen and oxygen atoms in total. The highest BCUT2D eigenvalue weighted by molar-refractivity contribution is 5.59. The molecular formula is C15H26N4O. The summed E-state index contributed by atoms with van der Waals surface area (Å²) in [5.41, 5.74) is 1.09. The van der Waals surface area contributed by atoms with Crippen LogP contribution in [-0.4, -0.2) is 35.3 Å². The predicted octanol–water partition coefficient (Wildman–Crippen LogP) is 3.01. The highest BCUT2D eigenvalue weighted by atomic mass is 16.5. The predicted molar refractivity (Wildman–Crippen MR) is 82.3 cm³/mol. The first-order valence-corrected chi connectivity index (χ1v) is 7.36. The van der Waals surface area contributed by atoms with Gasteiger partial charge in [0.05, 0.1) is 5.60 Å². The quantitative estimate of drug-likeness (QED) is 0.886. The van der Waals surface area contributed by atoms with Crippen LogP contribution < -0.4 is 10.6 Å². The topological polar surface area (TPSA) is 59.1 Å². The first-order valence-electron chi connectivity index (χ1n) is 7.36. The van der Waals surface area contributed by atoms with E-state index in [0.29, 0.717) is 12.0 Å². The van der Waals surface area contributed by atoms with Crippen LogP contribution in [0, 0.1) is 0 Å². The summed E-state index contributed by atoms with van der Waals surface area (Å²) in [7, 11) is 1.90. The zero-order valence-electron chi connectivity index (χ0n) is 13.2. The fourth-order valence-corrected chi connectivity index (χ4v) is 2.81. The maximum absolute atomic E-state index is 5.77. The number of anilines is 2. The summed E-state index contributed by atoms with van der Waals surface area (Å²) in [4.78, 5) is 8.76. The molecule has 1 fully saturated rings. The summed E-state index contributed by atoms with van der Waals surface area (Å²) < 4.78 is 5.77. The molecule has 1 aromatic rings. The lowest BCUT2D eigenvalue weighted by Gasteiger charge is -2.36. The monoisotopic (exact) mass is 278 g/mol. The summed E-state index contributed by atoms with van der Waals surface area (Å²) in [5, 5.41) is 6.75. The van der Waals surface area contributed by atoms with E-state index in [1.807, 2.05) is 7.05 Å². The first-order chi connectivity index (χ1) is 9.43. The molecule has 2 heterocycles. The van der Waals surface area contributed by atoms with Crippen LogP contribution in [-0.2, 0) is 4.74 Å². The summed E-state index contributed by atoms with van der Waals surface area (Å²) in [6.07, 6.45) is 3.62. The molecule has 0 aliphatic carbocycles. The molecule has 0 spiro atoms. The second-order valence-electron chi connectivity index (χ2n) is 6.33. The van der Waals surface area contributed by atoms with Gasteiger partial charge in [0.25, 0.3) is 0 Å². The number of nitrogens with one attached hydrogen (secondary N) is 2. The van der Waals surface area contributed by atoms with Gasteiger partial charge in [-0.3, -0.25) is 0 Å². The molecule has 1 aliphatic rings. The van der Waals surface area contributed by atoms with Gasteiger partial charge in [0, 0.05) is 25.3 Å². The Kier molecular flexibility index (Phi) is 4.48. The minimum absolute atomic E-state index is 0.0627. The molecule has 20 heavy (non-hydrogen) atoms. The molecule has 0 aromatic carbocycles. The van der Waals surface area contributed by atoms with Gasteiger partial charge in [0.15, 0.2) is 0 Å². The molecule has 2 rings (SSSR count). The van der Waals surface area contributed by atoms with E-state index in [0.717, 1.165) is 36.6 Å². The first kappa shape index (κ1) is 15.0. The van der Waals surface area contributed by atoms with Gasteiger partial charge in [0.1, 0.15) is 18.0 Å². The van der Waals surface area contributed by atoms with Crippen LogP contribution in [0.5, 0.6) is 0 Å². The molecule has 1 aromatic heterocycles. The summed E-state index contributed by atoms with van der Waals surface area (Å²) in [5.74, 6) is 2.22. The molecule has 0 radical (unpaired) electrons. The SMILES string of the molecule is CNc1ncnc(NC2CCOC(C)(C)C2)c1C(C)C. The van der Waals surface area contributed by atoms with E-state index in [9.17, 15) is 0 Å². The van der Waals surface area contributed by atoms with E-state index in [1.54, 1.807) is 6.33 Å². The van der Waals surface area contributed by atoms with Crippen molar-refractivity contribution in [3.8, 4) is 0 Å². The average Bonchev–Trinajstić information content (AvgIpc) is 2.36. The van der Waals surface area contributed by atoms with Crippen molar-refractivity contribution in [2.45, 2.75) is 58.1 Å². The van der Waals surface area contributed by atoms with E-state index in [2.05, 4.69) is 48.3 Å². The number of hydrogen-bond acceptors (Lipinski definition) is 5. The van der Waals surface area contributed by atoms with Crippen molar-refractivity contribution in [1.29, 1.82) is 0 Å². The number of ether oxygens (including phenoxy) is 1. The molecule has 5 heteroatoms. The van der Waals surface area contributed by atoms with Crippen LogP contribution in [0.15, 0.2) is 6.33 Å². The molecule has 112 valence electrons. The second kappa shape index (κ2) is 5.95. The highest BCUT2D eigenvalue weighted by Gasteiger charge is 2.29. The number of hydrogen-bond donors (Lipinski definition) is 2. The van der Waals surface area contributed by atoms with E-state index in [1.165, 1.54) is 0 Å². The molecule has 0 amide bonds. The average molecular weight is 278 g/mol. The molecule has 0 saturated carbocycles. The maximum atomic E-state index is 5.77. The molecule has 1 atom stereocenters. The van der Waals surface area contributed by atoms with Gasteiger partial charge >= 0.3 is 0 Å². The zero-order chi connectivity index (χ0) is 14.8. The second-order valence-corrected chi connectivity index (χ2v) is 6.33. The van der Waals surface area contributed by atoms with E-state index in [-0.39, 0.29) is 5.60 Å². The van der Waals surface area contributed by atoms with Crippen molar-refractivity contribution >= 4 is 11.6 Å². The van der Waals surface area contributed by atoms with Gasteiger partial charge in [-0.2, -0.15) is 0 Å².